The monoisotopic (exact) mass is 275 g/mol. The molecule has 0 amide bonds. The Labute approximate surface area is 114 Å². The van der Waals surface area contributed by atoms with Crippen LogP contribution in [0.25, 0.3) is 0 Å². The van der Waals surface area contributed by atoms with Gasteiger partial charge in [-0.05, 0) is 12.5 Å². The highest BCUT2D eigenvalue weighted by Gasteiger charge is 2.25. The molecule has 0 spiro atoms. The average molecular weight is 276 g/mol. The number of carbonyl (C=O) groups is 1. The zero-order chi connectivity index (χ0) is 14.0. The zero-order valence-corrected chi connectivity index (χ0v) is 10.8. The van der Waals surface area contributed by atoms with Crippen molar-refractivity contribution in [1.29, 1.82) is 0 Å². The summed E-state index contributed by atoms with van der Waals surface area (Å²) in [6.07, 6.45) is 0. The van der Waals surface area contributed by atoms with Gasteiger partial charge in [-0.15, -0.1) is 0 Å². The Kier molecular flexibility index (Phi) is 3.62. The molecule has 0 aliphatic heterocycles. The Hall–Kier alpha value is -2.20. The molecule has 2 aromatic carbocycles. The van der Waals surface area contributed by atoms with Gasteiger partial charge in [0.15, 0.2) is 0 Å². The molecule has 0 aromatic heterocycles. The minimum Gasteiger partial charge on any atom is -0.288 e. The topological polar surface area (TPSA) is 60.2 Å². The van der Waals surface area contributed by atoms with Crippen LogP contribution in [0.5, 0.6) is 0 Å². The number of aryl methyl sites for hydroxylation is 1. The molecule has 0 radical (unpaired) electrons. The SMILES string of the molecule is Cc1ccc([N+](=O)[O-])c(C(=O)c2ccccc2)c1Cl. The Balaban J connectivity index is 2.64. The van der Waals surface area contributed by atoms with E-state index in [2.05, 4.69) is 0 Å². The van der Waals surface area contributed by atoms with Gasteiger partial charge in [-0.3, -0.25) is 14.9 Å². The summed E-state index contributed by atoms with van der Waals surface area (Å²) in [4.78, 5) is 22.8. The summed E-state index contributed by atoms with van der Waals surface area (Å²) in [5, 5.41) is 11.1. The molecule has 4 nitrogen and oxygen atoms in total. The number of ketones is 1. The van der Waals surface area contributed by atoms with E-state index in [0.717, 1.165) is 0 Å². The highest BCUT2D eigenvalue weighted by atomic mass is 35.5. The van der Waals surface area contributed by atoms with E-state index >= 15 is 0 Å². The normalized spacial score (nSPS) is 10.2. The minimum absolute atomic E-state index is 0.0575. The first-order chi connectivity index (χ1) is 9.02. The van der Waals surface area contributed by atoms with Gasteiger partial charge in [0.2, 0.25) is 5.78 Å². The summed E-state index contributed by atoms with van der Waals surface area (Å²) in [7, 11) is 0. The zero-order valence-electron chi connectivity index (χ0n) is 10.1. The van der Waals surface area contributed by atoms with Gasteiger partial charge in [-0.1, -0.05) is 48.0 Å². The van der Waals surface area contributed by atoms with E-state index in [-0.39, 0.29) is 16.3 Å². The quantitative estimate of drug-likeness (QED) is 0.486. The second kappa shape index (κ2) is 5.20. The second-order valence-corrected chi connectivity index (χ2v) is 4.42. The lowest BCUT2D eigenvalue weighted by atomic mass is 10.00. The first-order valence-electron chi connectivity index (χ1n) is 5.55. The molecule has 96 valence electrons. The van der Waals surface area contributed by atoms with Gasteiger partial charge in [-0.2, -0.15) is 0 Å². The van der Waals surface area contributed by atoms with Gasteiger partial charge in [0, 0.05) is 11.6 Å². The van der Waals surface area contributed by atoms with Gasteiger partial charge in [0.05, 0.1) is 9.95 Å². The maximum Gasteiger partial charge on any atom is 0.282 e. The molecule has 0 unspecified atom stereocenters. The van der Waals surface area contributed by atoms with E-state index in [1.54, 1.807) is 37.3 Å². The molecule has 0 saturated heterocycles. The number of hydrogen-bond donors (Lipinski definition) is 0. The molecule has 0 bridgehead atoms. The standard InChI is InChI=1S/C14H10ClNO3/c1-9-7-8-11(16(18)19)12(13(9)15)14(17)10-5-3-2-4-6-10/h2-8H,1H3. The van der Waals surface area contributed by atoms with Crippen molar-refractivity contribution in [1.82, 2.24) is 0 Å². The first kappa shape index (κ1) is 13.2. The molecule has 0 aliphatic carbocycles. The fourth-order valence-electron chi connectivity index (χ4n) is 1.77. The number of nitrogens with zero attached hydrogens (tertiary/aromatic N) is 1. The lowest BCUT2D eigenvalue weighted by Gasteiger charge is -2.07. The second-order valence-electron chi connectivity index (χ2n) is 4.04. The molecule has 5 heteroatoms. The van der Waals surface area contributed by atoms with E-state index in [1.807, 2.05) is 0 Å². The molecule has 19 heavy (non-hydrogen) atoms. The fourth-order valence-corrected chi connectivity index (χ4v) is 2.02. The molecule has 2 aromatic rings. The summed E-state index contributed by atoms with van der Waals surface area (Å²) in [5.41, 5.74) is 0.673. The summed E-state index contributed by atoms with van der Waals surface area (Å²) in [6, 6.07) is 11.2. The summed E-state index contributed by atoms with van der Waals surface area (Å²) < 4.78 is 0. The molecule has 0 aliphatic rings. The molecular weight excluding hydrogens is 266 g/mol. The number of halogens is 1. The third-order valence-corrected chi connectivity index (χ3v) is 3.26. The molecule has 0 saturated carbocycles. The number of nitro groups is 1. The third-order valence-electron chi connectivity index (χ3n) is 2.77. The molecule has 0 atom stereocenters. The van der Waals surface area contributed by atoms with Crippen LogP contribution in [0.2, 0.25) is 5.02 Å². The van der Waals surface area contributed by atoms with Crippen LogP contribution in [0.3, 0.4) is 0 Å². The Bertz CT molecular complexity index is 653. The van der Waals surface area contributed by atoms with Crippen molar-refractivity contribution in [2.75, 3.05) is 0 Å². The first-order valence-corrected chi connectivity index (χ1v) is 5.93. The lowest BCUT2D eigenvalue weighted by Crippen LogP contribution is -2.07. The number of benzene rings is 2. The minimum atomic E-state index is -0.596. The Morgan fingerprint density at radius 2 is 1.79 bits per heavy atom. The van der Waals surface area contributed by atoms with Gasteiger partial charge in [0.25, 0.3) is 5.69 Å². The van der Waals surface area contributed by atoms with E-state index in [0.29, 0.717) is 11.1 Å². The van der Waals surface area contributed by atoms with E-state index in [1.165, 1.54) is 12.1 Å². The van der Waals surface area contributed by atoms with Crippen LogP contribution in [0.1, 0.15) is 21.5 Å². The maximum absolute atomic E-state index is 12.4. The summed E-state index contributed by atoms with van der Waals surface area (Å²) >= 11 is 6.06. The molecule has 0 N–H and O–H groups in total. The highest BCUT2D eigenvalue weighted by molar-refractivity contribution is 6.36. The highest BCUT2D eigenvalue weighted by Crippen LogP contribution is 2.31. The Morgan fingerprint density at radius 1 is 1.16 bits per heavy atom. The van der Waals surface area contributed by atoms with Crippen molar-refractivity contribution in [3.8, 4) is 0 Å². The number of hydrogen-bond acceptors (Lipinski definition) is 3. The predicted molar refractivity (Wildman–Crippen MR) is 72.7 cm³/mol. The van der Waals surface area contributed by atoms with Crippen molar-refractivity contribution >= 4 is 23.1 Å². The van der Waals surface area contributed by atoms with Crippen molar-refractivity contribution in [2.45, 2.75) is 6.92 Å². The van der Waals surface area contributed by atoms with E-state index in [4.69, 9.17) is 11.6 Å². The van der Waals surface area contributed by atoms with E-state index in [9.17, 15) is 14.9 Å². The van der Waals surface area contributed by atoms with Crippen LogP contribution in [-0.4, -0.2) is 10.7 Å². The van der Waals surface area contributed by atoms with Crippen molar-refractivity contribution < 1.29 is 9.72 Å². The lowest BCUT2D eigenvalue weighted by molar-refractivity contribution is -0.385. The molecule has 0 heterocycles. The summed E-state index contributed by atoms with van der Waals surface area (Å²) in [5.74, 6) is -0.444. The molecular formula is C14H10ClNO3. The van der Waals surface area contributed by atoms with Gasteiger partial charge in [0.1, 0.15) is 5.56 Å². The smallest absolute Gasteiger partial charge is 0.282 e. The van der Waals surface area contributed by atoms with Crippen LogP contribution < -0.4 is 0 Å². The molecule has 0 fully saturated rings. The van der Waals surface area contributed by atoms with Crippen molar-refractivity contribution in [3.05, 3.63) is 74.3 Å². The van der Waals surface area contributed by atoms with Gasteiger partial charge in [-0.25, -0.2) is 0 Å². The van der Waals surface area contributed by atoms with Crippen LogP contribution in [-0.2, 0) is 0 Å². The molecule has 2 rings (SSSR count). The van der Waals surface area contributed by atoms with Crippen LogP contribution in [0.15, 0.2) is 42.5 Å². The van der Waals surface area contributed by atoms with E-state index < -0.39 is 10.7 Å². The van der Waals surface area contributed by atoms with Crippen molar-refractivity contribution in [2.24, 2.45) is 0 Å². The maximum atomic E-state index is 12.4. The van der Waals surface area contributed by atoms with Gasteiger partial charge >= 0.3 is 0 Å². The van der Waals surface area contributed by atoms with Crippen LogP contribution in [0.4, 0.5) is 5.69 Å². The van der Waals surface area contributed by atoms with Crippen molar-refractivity contribution in [3.63, 3.8) is 0 Å². The van der Waals surface area contributed by atoms with Crippen LogP contribution in [0, 0.1) is 17.0 Å². The number of rotatable bonds is 3. The number of nitro benzene ring substituents is 1. The fraction of sp³-hybridized carbons (Fsp3) is 0.0714. The van der Waals surface area contributed by atoms with Gasteiger partial charge < -0.3 is 0 Å². The third kappa shape index (κ3) is 2.48. The van der Waals surface area contributed by atoms with Crippen LogP contribution >= 0.6 is 11.6 Å². The number of carbonyl (C=O) groups excluding carboxylic acids is 1. The average Bonchev–Trinajstić information content (AvgIpc) is 2.41. The Morgan fingerprint density at radius 3 is 2.37 bits per heavy atom. The largest absolute Gasteiger partial charge is 0.288 e. The predicted octanol–water partition coefficient (Wildman–Crippen LogP) is 3.79. The summed E-state index contributed by atoms with van der Waals surface area (Å²) in [6.45, 7) is 1.70.